The van der Waals surface area contributed by atoms with Crippen molar-refractivity contribution in [3.05, 3.63) is 59.7 Å². The highest BCUT2D eigenvalue weighted by atomic mass is 31.2. The zero-order valence-electron chi connectivity index (χ0n) is 39.6. The van der Waals surface area contributed by atoms with Gasteiger partial charge in [-0.15, -0.1) is 0 Å². The van der Waals surface area contributed by atoms with E-state index in [1.165, 1.54) is 0 Å². The van der Waals surface area contributed by atoms with Crippen molar-refractivity contribution in [1.82, 2.24) is 9.80 Å². The first-order valence-electron chi connectivity index (χ1n) is 20.9. The molecule has 59 heavy (non-hydrogen) atoms. The second kappa shape index (κ2) is 22.7. The van der Waals surface area contributed by atoms with E-state index in [4.69, 9.17) is 36.9 Å². The summed E-state index contributed by atoms with van der Waals surface area (Å²) in [6.07, 6.45) is 0.0776. The van der Waals surface area contributed by atoms with Crippen molar-refractivity contribution < 1.29 is 46.1 Å². The van der Waals surface area contributed by atoms with Gasteiger partial charge in [0.15, 0.2) is 21.9 Å². The Kier molecular flexibility index (Phi) is 20.6. The van der Waals surface area contributed by atoms with Crippen LogP contribution in [0.5, 0.6) is 11.5 Å². The van der Waals surface area contributed by atoms with Gasteiger partial charge in [0.1, 0.15) is 17.8 Å². The van der Waals surface area contributed by atoms with Crippen LogP contribution in [0.4, 0.5) is 0 Å². The van der Waals surface area contributed by atoms with Gasteiger partial charge in [-0.2, -0.15) is 0 Å². The van der Waals surface area contributed by atoms with Crippen LogP contribution in [-0.2, 0) is 49.7 Å². The molecule has 2 aromatic rings. The van der Waals surface area contributed by atoms with Crippen LogP contribution in [0, 0.1) is 0 Å². The molecule has 0 fully saturated rings. The minimum Gasteiger partial charge on any atom is -0.467 e. The third-order valence-corrected chi connectivity index (χ3v) is 18.0. The topological polar surface area (TPSA) is 114 Å². The summed E-state index contributed by atoms with van der Waals surface area (Å²) in [5.41, 5.74) is -0.439. The molecule has 0 amide bonds. The number of para-hydroxylation sites is 2. The molecule has 2 atom stereocenters. The minimum absolute atomic E-state index is 0.0396. The molecule has 15 heteroatoms. The molecule has 0 aromatic heterocycles. The second-order valence-electron chi connectivity index (χ2n) is 19.7. The molecule has 2 aromatic carbocycles. The van der Waals surface area contributed by atoms with Crippen LogP contribution in [0.2, 0.25) is 18.1 Å². The van der Waals surface area contributed by atoms with Crippen LogP contribution in [0.25, 0.3) is 0 Å². The Hall–Kier alpha value is -1.60. The Morgan fingerprint density at radius 2 is 1.08 bits per heavy atom. The SMILES string of the molecule is CCOCOc1ccccc1CN(CC(CO[Si](C)(C)C(C)(C)C)N(Cc1ccccc1OCOCC)CP(C)(=O)OC(C)(C)C)CP(=O)(OC(C)(C)C)OC(C)(C)C. The molecule has 12 nitrogen and oxygen atoms in total. The molecule has 0 saturated heterocycles. The smallest absolute Gasteiger partial charge is 0.345 e. The summed E-state index contributed by atoms with van der Waals surface area (Å²) in [6, 6.07) is 15.2. The fourth-order valence-corrected chi connectivity index (χ4v) is 11.8. The lowest BCUT2D eigenvalue weighted by molar-refractivity contribution is 0.0199. The number of hydrogen-bond acceptors (Lipinski definition) is 12. The van der Waals surface area contributed by atoms with Gasteiger partial charge < -0.3 is 36.9 Å². The zero-order valence-corrected chi connectivity index (χ0v) is 42.4. The number of hydrogen-bond donors (Lipinski definition) is 0. The summed E-state index contributed by atoms with van der Waals surface area (Å²) in [5.74, 6) is 1.31. The monoisotopic (exact) mass is 887 g/mol. The van der Waals surface area contributed by atoms with Crippen molar-refractivity contribution in [3.8, 4) is 11.5 Å². The highest BCUT2D eigenvalue weighted by Gasteiger charge is 2.41. The molecular weight excluding hydrogens is 807 g/mol. The summed E-state index contributed by atoms with van der Waals surface area (Å²) in [6.45, 7) is 36.2. The molecule has 2 rings (SSSR count). The maximum Gasteiger partial charge on any atom is 0.345 e. The first-order chi connectivity index (χ1) is 27.0. The van der Waals surface area contributed by atoms with Gasteiger partial charge in [0.2, 0.25) is 7.37 Å². The van der Waals surface area contributed by atoms with Crippen molar-refractivity contribution in [1.29, 1.82) is 0 Å². The molecule has 0 aliphatic rings. The van der Waals surface area contributed by atoms with E-state index in [1.807, 2.05) is 125 Å². The van der Waals surface area contributed by atoms with Crippen molar-refractivity contribution in [2.75, 3.05) is 59.2 Å². The molecule has 340 valence electrons. The van der Waals surface area contributed by atoms with Gasteiger partial charge in [-0.1, -0.05) is 57.2 Å². The molecule has 0 bridgehead atoms. The second-order valence-corrected chi connectivity index (χ2v) is 28.9. The Balaban J connectivity index is 2.90. The normalized spacial score (nSPS) is 15.1. The van der Waals surface area contributed by atoms with Gasteiger partial charge in [-0.25, -0.2) is 0 Å². The van der Waals surface area contributed by atoms with E-state index in [-0.39, 0.29) is 31.2 Å². The fraction of sp³-hybridized carbons (Fsp3) is 0.727. The fourth-order valence-electron chi connectivity index (χ4n) is 6.04. The summed E-state index contributed by atoms with van der Waals surface area (Å²) in [7, 11) is -9.42. The van der Waals surface area contributed by atoms with Gasteiger partial charge in [-0.05, 0) is 106 Å². The largest absolute Gasteiger partial charge is 0.467 e. The first-order valence-corrected chi connectivity index (χ1v) is 27.8. The van der Waals surface area contributed by atoms with E-state index in [2.05, 4.69) is 43.7 Å². The lowest BCUT2D eigenvalue weighted by atomic mass is 10.1. The van der Waals surface area contributed by atoms with E-state index in [1.54, 1.807) is 6.66 Å². The van der Waals surface area contributed by atoms with E-state index < -0.39 is 46.1 Å². The van der Waals surface area contributed by atoms with Crippen LogP contribution in [-0.4, -0.2) is 100 Å². The van der Waals surface area contributed by atoms with Crippen molar-refractivity contribution in [3.63, 3.8) is 0 Å². The van der Waals surface area contributed by atoms with Gasteiger partial charge >= 0.3 is 7.60 Å². The van der Waals surface area contributed by atoms with E-state index >= 15 is 4.57 Å². The maximum atomic E-state index is 15.1. The average molecular weight is 887 g/mol. The van der Waals surface area contributed by atoms with Crippen LogP contribution in [0.3, 0.4) is 0 Å². The first kappa shape index (κ1) is 53.5. The van der Waals surface area contributed by atoms with E-state index in [0.717, 1.165) is 11.1 Å². The van der Waals surface area contributed by atoms with Gasteiger partial charge in [0, 0.05) is 56.7 Å². The zero-order chi connectivity index (χ0) is 44.9. The van der Waals surface area contributed by atoms with E-state index in [0.29, 0.717) is 51.0 Å². The molecule has 0 saturated carbocycles. The van der Waals surface area contributed by atoms with Crippen molar-refractivity contribution >= 4 is 23.3 Å². The highest BCUT2D eigenvalue weighted by molar-refractivity contribution is 7.58. The molecule has 0 radical (unpaired) electrons. The predicted octanol–water partition coefficient (Wildman–Crippen LogP) is 11.6. The molecule has 0 spiro atoms. The summed E-state index contributed by atoms with van der Waals surface area (Å²) in [5, 5.41) is -0.0786. The average Bonchev–Trinajstić information content (AvgIpc) is 3.04. The lowest BCUT2D eigenvalue weighted by Gasteiger charge is -2.42. The van der Waals surface area contributed by atoms with E-state index in [9.17, 15) is 4.57 Å². The molecule has 0 heterocycles. The quantitative estimate of drug-likeness (QED) is 0.0409. The molecule has 2 unspecified atom stereocenters. The lowest BCUT2D eigenvalue weighted by Crippen LogP contribution is -2.51. The number of rotatable bonds is 25. The molecule has 0 aliphatic carbocycles. The molecule has 0 N–H and O–H groups in total. The van der Waals surface area contributed by atoms with Crippen LogP contribution < -0.4 is 9.47 Å². The third kappa shape index (κ3) is 20.9. The predicted molar refractivity (Wildman–Crippen MR) is 243 cm³/mol. The Morgan fingerprint density at radius 1 is 0.644 bits per heavy atom. The summed E-state index contributed by atoms with van der Waals surface area (Å²) in [4.78, 5) is 4.27. The standard InChI is InChI=1S/C44H80N2O10P2Si/c1-18-49-34-51-39-26-22-20-24-36(39)28-45(32-58(48,55-42(6,7)8)56-43(9,10)11)30-38(31-53-59(16,17)44(12,13)14)46(33-57(15,47)54-41(3,4)5)29-37-25-21-23-27-40(37)52-35-50-19-2/h20-27,38H,18-19,28-35H2,1-17H3. The van der Waals surface area contributed by atoms with Crippen molar-refractivity contribution in [2.45, 2.75) is 151 Å². The van der Waals surface area contributed by atoms with Gasteiger partial charge in [-0.3, -0.25) is 18.9 Å². The van der Waals surface area contributed by atoms with Crippen molar-refractivity contribution in [2.24, 2.45) is 0 Å². The van der Waals surface area contributed by atoms with Crippen LogP contribution >= 0.6 is 15.0 Å². The summed E-state index contributed by atoms with van der Waals surface area (Å²) < 4.78 is 79.2. The molecular formula is C44H80N2O10P2Si. The number of nitrogens with zero attached hydrogens (tertiary/aromatic N) is 2. The van der Waals surface area contributed by atoms with Gasteiger partial charge in [0.05, 0.1) is 29.7 Å². The Labute approximate surface area is 359 Å². The summed E-state index contributed by atoms with van der Waals surface area (Å²) >= 11 is 0. The Bertz CT molecular complexity index is 1630. The van der Waals surface area contributed by atoms with Gasteiger partial charge in [0.25, 0.3) is 0 Å². The maximum absolute atomic E-state index is 15.1. The number of ether oxygens (including phenoxy) is 4. The Morgan fingerprint density at radius 3 is 1.51 bits per heavy atom. The third-order valence-electron chi connectivity index (χ3n) is 9.25. The van der Waals surface area contributed by atoms with Crippen LogP contribution in [0.1, 0.15) is 108 Å². The number of benzene rings is 2. The highest BCUT2D eigenvalue weighted by Crippen LogP contribution is 2.55. The van der Waals surface area contributed by atoms with Crippen LogP contribution in [0.15, 0.2) is 48.5 Å². The minimum atomic E-state index is -3.82. The molecule has 0 aliphatic heterocycles.